The second-order valence-corrected chi connectivity index (χ2v) is 5.21. The Morgan fingerprint density at radius 2 is 2.12 bits per heavy atom. The van der Waals surface area contributed by atoms with Gasteiger partial charge in [-0.1, -0.05) is 30.3 Å². The van der Waals surface area contributed by atoms with Crippen molar-refractivity contribution in [1.82, 2.24) is 5.32 Å². The zero-order valence-corrected chi connectivity index (χ0v) is 10.4. The van der Waals surface area contributed by atoms with Gasteiger partial charge in [0, 0.05) is 5.54 Å². The number of benzene rings is 1. The maximum atomic E-state index is 11.8. The van der Waals surface area contributed by atoms with Crippen LogP contribution >= 0.6 is 0 Å². The van der Waals surface area contributed by atoms with E-state index in [-0.39, 0.29) is 17.6 Å². The number of carbonyl (C=O) groups excluding carboxylic acids is 1. The number of esters is 1. The molecular formula is C14H19NO2. The van der Waals surface area contributed by atoms with Gasteiger partial charge in [0.05, 0.1) is 0 Å². The Morgan fingerprint density at radius 3 is 2.71 bits per heavy atom. The van der Waals surface area contributed by atoms with Crippen molar-refractivity contribution in [3.8, 4) is 0 Å². The molecule has 1 fully saturated rings. The summed E-state index contributed by atoms with van der Waals surface area (Å²) in [6, 6.07) is 9.61. The van der Waals surface area contributed by atoms with E-state index in [4.69, 9.17) is 4.74 Å². The first-order chi connectivity index (χ1) is 8.07. The maximum absolute atomic E-state index is 11.8. The molecule has 1 N–H and O–H groups in total. The van der Waals surface area contributed by atoms with E-state index in [1.54, 1.807) is 0 Å². The van der Waals surface area contributed by atoms with E-state index in [0.29, 0.717) is 6.61 Å². The van der Waals surface area contributed by atoms with Crippen LogP contribution in [0.1, 0.15) is 32.3 Å². The molecule has 0 aromatic heterocycles. The van der Waals surface area contributed by atoms with E-state index in [1.807, 2.05) is 30.3 Å². The Kier molecular flexibility index (Phi) is 3.48. The monoisotopic (exact) mass is 233 g/mol. The molecule has 92 valence electrons. The van der Waals surface area contributed by atoms with Crippen LogP contribution in [0.25, 0.3) is 0 Å². The quantitative estimate of drug-likeness (QED) is 0.814. The molecule has 1 aliphatic heterocycles. The fourth-order valence-corrected chi connectivity index (χ4v) is 2.13. The molecule has 0 saturated carbocycles. The Labute approximate surface area is 102 Å². The van der Waals surface area contributed by atoms with Gasteiger partial charge in [0.1, 0.15) is 12.6 Å². The lowest BCUT2D eigenvalue weighted by atomic mass is 10.0. The minimum absolute atomic E-state index is 0.0520. The van der Waals surface area contributed by atoms with Crippen LogP contribution in [0.2, 0.25) is 0 Å². The predicted octanol–water partition coefficient (Wildman–Crippen LogP) is 2.26. The van der Waals surface area contributed by atoms with Gasteiger partial charge < -0.3 is 4.74 Å². The van der Waals surface area contributed by atoms with Crippen molar-refractivity contribution in [1.29, 1.82) is 0 Å². The lowest BCUT2D eigenvalue weighted by molar-refractivity contribution is -0.147. The molecule has 0 radical (unpaired) electrons. The summed E-state index contributed by atoms with van der Waals surface area (Å²) in [5.41, 5.74) is 1.08. The minimum atomic E-state index is -0.145. The summed E-state index contributed by atoms with van der Waals surface area (Å²) >= 11 is 0. The fourth-order valence-electron chi connectivity index (χ4n) is 2.13. The summed E-state index contributed by atoms with van der Waals surface area (Å²) in [6.45, 7) is 4.58. The van der Waals surface area contributed by atoms with E-state index in [0.717, 1.165) is 18.4 Å². The summed E-state index contributed by atoms with van der Waals surface area (Å²) in [5.74, 6) is -0.139. The standard InChI is InChI=1S/C14H19NO2/c1-14(2)9-8-12(15-14)13(16)17-10-11-6-4-3-5-7-11/h3-7,12,15H,8-10H2,1-2H3/t12-/m0/s1. The lowest BCUT2D eigenvalue weighted by Crippen LogP contribution is -2.41. The highest BCUT2D eigenvalue weighted by atomic mass is 16.5. The highest BCUT2D eigenvalue weighted by Gasteiger charge is 2.34. The number of ether oxygens (including phenoxy) is 1. The largest absolute Gasteiger partial charge is 0.460 e. The molecule has 1 aromatic carbocycles. The average Bonchev–Trinajstić information content (AvgIpc) is 2.68. The van der Waals surface area contributed by atoms with E-state index in [9.17, 15) is 4.79 Å². The Bertz CT molecular complexity index is 386. The van der Waals surface area contributed by atoms with E-state index in [2.05, 4.69) is 19.2 Å². The van der Waals surface area contributed by atoms with Crippen LogP contribution in [-0.2, 0) is 16.1 Å². The van der Waals surface area contributed by atoms with Gasteiger partial charge in [-0.2, -0.15) is 0 Å². The van der Waals surface area contributed by atoms with Gasteiger partial charge in [0.25, 0.3) is 0 Å². The number of hydrogen-bond donors (Lipinski definition) is 1. The highest BCUT2D eigenvalue weighted by Crippen LogP contribution is 2.22. The summed E-state index contributed by atoms with van der Waals surface area (Å²) in [4.78, 5) is 11.8. The normalized spacial score (nSPS) is 22.4. The molecule has 0 unspecified atom stereocenters. The third kappa shape index (κ3) is 3.30. The van der Waals surface area contributed by atoms with Gasteiger partial charge in [-0.05, 0) is 32.3 Å². The number of carbonyl (C=O) groups is 1. The van der Waals surface area contributed by atoms with Gasteiger partial charge in [-0.15, -0.1) is 0 Å². The van der Waals surface area contributed by atoms with Crippen molar-refractivity contribution in [2.75, 3.05) is 0 Å². The zero-order valence-electron chi connectivity index (χ0n) is 10.4. The molecule has 1 heterocycles. The predicted molar refractivity (Wildman–Crippen MR) is 66.5 cm³/mol. The second-order valence-electron chi connectivity index (χ2n) is 5.21. The molecule has 3 nitrogen and oxygen atoms in total. The van der Waals surface area contributed by atoms with Gasteiger partial charge in [-0.3, -0.25) is 10.1 Å². The van der Waals surface area contributed by atoms with Crippen LogP contribution in [0, 0.1) is 0 Å². The first-order valence-corrected chi connectivity index (χ1v) is 6.05. The Morgan fingerprint density at radius 1 is 1.41 bits per heavy atom. The molecule has 1 aromatic rings. The van der Waals surface area contributed by atoms with E-state index < -0.39 is 0 Å². The van der Waals surface area contributed by atoms with Crippen LogP contribution in [-0.4, -0.2) is 17.6 Å². The van der Waals surface area contributed by atoms with Crippen LogP contribution in [0.4, 0.5) is 0 Å². The van der Waals surface area contributed by atoms with Gasteiger partial charge >= 0.3 is 5.97 Å². The van der Waals surface area contributed by atoms with Crippen molar-refractivity contribution >= 4 is 5.97 Å². The number of nitrogens with one attached hydrogen (secondary N) is 1. The smallest absolute Gasteiger partial charge is 0.323 e. The minimum Gasteiger partial charge on any atom is -0.460 e. The summed E-state index contributed by atoms with van der Waals surface area (Å²) in [5, 5.41) is 3.29. The van der Waals surface area contributed by atoms with Gasteiger partial charge in [0.15, 0.2) is 0 Å². The molecule has 0 bridgehead atoms. The molecule has 0 spiro atoms. The topological polar surface area (TPSA) is 38.3 Å². The molecule has 17 heavy (non-hydrogen) atoms. The molecule has 3 heteroatoms. The van der Waals surface area contributed by atoms with Crippen molar-refractivity contribution in [2.24, 2.45) is 0 Å². The molecule has 1 aliphatic rings. The van der Waals surface area contributed by atoms with Crippen LogP contribution in [0.15, 0.2) is 30.3 Å². The number of rotatable bonds is 3. The van der Waals surface area contributed by atoms with Gasteiger partial charge in [-0.25, -0.2) is 0 Å². The fraction of sp³-hybridized carbons (Fsp3) is 0.500. The van der Waals surface area contributed by atoms with Crippen molar-refractivity contribution in [3.63, 3.8) is 0 Å². The van der Waals surface area contributed by atoms with E-state index >= 15 is 0 Å². The van der Waals surface area contributed by atoms with Crippen LogP contribution in [0.3, 0.4) is 0 Å². The zero-order chi connectivity index (χ0) is 12.3. The first-order valence-electron chi connectivity index (χ1n) is 6.05. The molecule has 1 atom stereocenters. The third-order valence-corrected chi connectivity index (χ3v) is 3.13. The first kappa shape index (κ1) is 12.1. The average molecular weight is 233 g/mol. The number of hydrogen-bond acceptors (Lipinski definition) is 3. The Hall–Kier alpha value is -1.35. The molecule has 2 rings (SSSR count). The SMILES string of the molecule is CC1(C)CC[C@@H](C(=O)OCc2ccccc2)N1. The molecular weight excluding hydrogens is 214 g/mol. The second kappa shape index (κ2) is 4.88. The Balaban J connectivity index is 1.83. The van der Waals surface area contributed by atoms with Crippen molar-refractivity contribution < 1.29 is 9.53 Å². The molecule has 0 amide bonds. The summed E-state index contributed by atoms with van der Waals surface area (Å²) < 4.78 is 5.30. The summed E-state index contributed by atoms with van der Waals surface area (Å²) in [6.07, 6.45) is 1.87. The maximum Gasteiger partial charge on any atom is 0.323 e. The van der Waals surface area contributed by atoms with Crippen molar-refractivity contribution in [2.45, 2.75) is 44.9 Å². The lowest BCUT2D eigenvalue weighted by Gasteiger charge is -2.19. The molecule has 1 saturated heterocycles. The summed E-state index contributed by atoms with van der Waals surface area (Å²) in [7, 11) is 0. The van der Waals surface area contributed by atoms with Gasteiger partial charge in [0.2, 0.25) is 0 Å². The molecule has 0 aliphatic carbocycles. The van der Waals surface area contributed by atoms with Crippen LogP contribution in [0.5, 0.6) is 0 Å². The highest BCUT2D eigenvalue weighted by molar-refractivity contribution is 5.76. The van der Waals surface area contributed by atoms with E-state index in [1.165, 1.54) is 0 Å². The van der Waals surface area contributed by atoms with Crippen LogP contribution < -0.4 is 5.32 Å². The van der Waals surface area contributed by atoms with Crippen molar-refractivity contribution in [3.05, 3.63) is 35.9 Å². The third-order valence-electron chi connectivity index (χ3n) is 3.13.